The second-order valence-corrected chi connectivity index (χ2v) is 5.73. The molecule has 0 spiro atoms. The first kappa shape index (κ1) is 19.2. The second kappa shape index (κ2) is 8.69. The Labute approximate surface area is 141 Å². The number of anilines is 1. The molecule has 1 fully saturated rings. The molecule has 3 N–H and O–H groups in total. The number of benzene rings is 1. The fourth-order valence-corrected chi connectivity index (χ4v) is 2.73. The van der Waals surface area contributed by atoms with Crippen LogP contribution in [0.5, 0.6) is 0 Å². The van der Waals surface area contributed by atoms with E-state index in [-0.39, 0.29) is 36.6 Å². The molecule has 8 heteroatoms. The summed E-state index contributed by atoms with van der Waals surface area (Å²) in [5, 5.41) is 13.8. The van der Waals surface area contributed by atoms with Crippen LogP contribution in [0, 0.1) is 16.0 Å². The lowest BCUT2D eigenvalue weighted by Crippen LogP contribution is -2.46. The largest absolute Gasteiger partial charge is 0.371 e. The van der Waals surface area contributed by atoms with E-state index < -0.39 is 4.92 Å². The van der Waals surface area contributed by atoms with E-state index in [0.717, 1.165) is 19.4 Å². The molecule has 0 saturated carbocycles. The molecule has 0 radical (unpaired) electrons. The summed E-state index contributed by atoms with van der Waals surface area (Å²) >= 11 is 0. The Hall–Kier alpha value is -1.86. The zero-order chi connectivity index (χ0) is 16.1. The first-order valence-electron chi connectivity index (χ1n) is 7.49. The average molecular weight is 343 g/mol. The monoisotopic (exact) mass is 342 g/mol. The Morgan fingerprint density at radius 2 is 2.22 bits per heavy atom. The number of carbonyl (C=O) groups is 1. The van der Waals surface area contributed by atoms with Crippen LogP contribution in [0.4, 0.5) is 11.4 Å². The molecule has 7 nitrogen and oxygen atoms in total. The SMILES string of the molecule is CC(N)C1CCCN(C(=O)CNc2ccccc2[N+](=O)[O-])C1.Cl. The van der Waals surface area contributed by atoms with E-state index in [1.165, 1.54) is 6.07 Å². The summed E-state index contributed by atoms with van der Waals surface area (Å²) in [5.41, 5.74) is 6.26. The molecule has 2 rings (SSSR count). The Kier molecular flexibility index (Phi) is 7.25. The van der Waals surface area contributed by atoms with Crippen LogP contribution in [-0.4, -0.2) is 41.4 Å². The minimum Gasteiger partial charge on any atom is -0.371 e. The van der Waals surface area contributed by atoms with Crippen molar-refractivity contribution >= 4 is 29.7 Å². The minimum absolute atomic E-state index is 0. The molecule has 0 aromatic heterocycles. The Balaban J connectivity index is 0.00000264. The molecule has 1 aromatic carbocycles. The van der Waals surface area contributed by atoms with Crippen molar-refractivity contribution in [3.05, 3.63) is 34.4 Å². The van der Waals surface area contributed by atoms with Crippen LogP contribution in [0.25, 0.3) is 0 Å². The van der Waals surface area contributed by atoms with Gasteiger partial charge in [-0.15, -0.1) is 12.4 Å². The van der Waals surface area contributed by atoms with Crippen molar-refractivity contribution in [2.24, 2.45) is 11.7 Å². The molecule has 0 bridgehead atoms. The average Bonchev–Trinajstić information content (AvgIpc) is 2.52. The number of rotatable bonds is 5. The predicted octanol–water partition coefficient (Wildman–Crippen LogP) is 2.01. The van der Waals surface area contributed by atoms with E-state index in [2.05, 4.69) is 5.32 Å². The molecule has 23 heavy (non-hydrogen) atoms. The van der Waals surface area contributed by atoms with Crippen molar-refractivity contribution in [1.82, 2.24) is 4.90 Å². The van der Waals surface area contributed by atoms with Gasteiger partial charge in [-0.25, -0.2) is 0 Å². The molecule has 1 amide bonds. The first-order chi connectivity index (χ1) is 10.5. The van der Waals surface area contributed by atoms with Crippen molar-refractivity contribution in [1.29, 1.82) is 0 Å². The molecule has 128 valence electrons. The molecule has 1 saturated heterocycles. The molecule has 1 heterocycles. The van der Waals surface area contributed by atoms with Gasteiger partial charge in [0, 0.05) is 25.2 Å². The molecule has 1 aliphatic rings. The zero-order valence-corrected chi connectivity index (χ0v) is 13.9. The number of para-hydroxylation sites is 2. The third-order valence-corrected chi connectivity index (χ3v) is 4.08. The van der Waals surface area contributed by atoms with Gasteiger partial charge in [0.15, 0.2) is 0 Å². The summed E-state index contributed by atoms with van der Waals surface area (Å²) in [5.74, 6) is 0.271. The van der Waals surface area contributed by atoms with Gasteiger partial charge < -0.3 is 16.0 Å². The number of halogens is 1. The number of hydrogen-bond donors (Lipinski definition) is 2. The van der Waals surface area contributed by atoms with Gasteiger partial charge in [-0.05, 0) is 31.7 Å². The lowest BCUT2D eigenvalue weighted by molar-refractivity contribution is -0.383. The normalized spacial score (nSPS) is 18.7. The number of nitro benzene ring substituents is 1. The standard InChI is InChI=1S/C15H22N4O3.ClH/c1-11(16)12-5-4-8-18(10-12)15(20)9-17-13-6-2-3-7-14(13)19(21)22;/h2-3,6-7,11-12,17H,4-5,8-10,16H2,1H3;1H. The number of carbonyl (C=O) groups excluding carboxylic acids is 1. The van der Waals surface area contributed by atoms with Crippen molar-refractivity contribution in [2.45, 2.75) is 25.8 Å². The number of nitro groups is 1. The van der Waals surface area contributed by atoms with Crippen LogP contribution < -0.4 is 11.1 Å². The number of amides is 1. The van der Waals surface area contributed by atoms with Gasteiger partial charge in [-0.1, -0.05) is 12.1 Å². The summed E-state index contributed by atoms with van der Waals surface area (Å²) in [6.07, 6.45) is 1.99. The Morgan fingerprint density at radius 1 is 1.52 bits per heavy atom. The van der Waals surface area contributed by atoms with Crippen molar-refractivity contribution in [3.63, 3.8) is 0 Å². The molecule has 2 unspecified atom stereocenters. The molecule has 1 aliphatic heterocycles. The first-order valence-corrected chi connectivity index (χ1v) is 7.49. The predicted molar refractivity (Wildman–Crippen MR) is 91.8 cm³/mol. The summed E-state index contributed by atoms with van der Waals surface area (Å²) < 4.78 is 0. The van der Waals surface area contributed by atoms with Crippen LogP contribution in [0.15, 0.2) is 24.3 Å². The van der Waals surface area contributed by atoms with E-state index in [4.69, 9.17) is 5.73 Å². The lowest BCUT2D eigenvalue weighted by atomic mass is 9.92. The van der Waals surface area contributed by atoms with Crippen LogP contribution in [-0.2, 0) is 4.79 Å². The number of hydrogen-bond acceptors (Lipinski definition) is 5. The third kappa shape index (κ3) is 5.07. The van der Waals surface area contributed by atoms with E-state index in [1.807, 2.05) is 6.92 Å². The van der Waals surface area contributed by atoms with Gasteiger partial charge in [0.2, 0.25) is 5.91 Å². The second-order valence-electron chi connectivity index (χ2n) is 5.73. The highest BCUT2D eigenvalue weighted by Crippen LogP contribution is 2.23. The maximum Gasteiger partial charge on any atom is 0.292 e. The quantitative estimate of drug-likeness (QED) is 0.629. The molecular weight excluding hydrogens is 320 g/mol. The maximum atomic E-state index is 12.3. The van der Waals surface area contributed by atoms with Gasteiger partial charge in [-0.3, -0.25) is 14.9 Å². The number of piperidine rings is 1. The summed E-state index contributed by atoms with van der Waals surface area (Å²) in [7, 11) is 0. The number of nitrogens with two attached hydrogens (primary N) is 1. The highest BCUT2D eigenvalue weighted by atomic mass is 35.5. The van der Waals surface area contributed by atoms with Crippen LogP contribution in [0.1, 0.15) is 19.8 Å². The lowest BCUT2D eigenvalue weighted by Gasteiger charge is -2.34. The zero-order valence-electron chi connectivity index (χ0n) is 13.1. The smallest absolute Gasteiger partial charge is 0.292 e. The highest BCUT2D eigenvalue weighted by Gasteiger charge is 2.25. The number of nitrogens with zero attached hydrogens (tertiary/aromatic N) is 2. The van der Waals surface area contributed by atoms with Crippen molar-refractivity contribution in [2.75, 3.05) is 25.0 Å². The summed E-state index contributed by atoms with van der Waals surface area (Å²) in [6.45, 7) is 3.40. The highest BCUT2D eigenvalue weighted by molar-refractivity contribution is 5.85. The summed E-state index contributed by atoms with van der Waals surface area (Å²) in [6, 6.07) is 6.39. The minimum atomic E-state index is -0.458. The van der Waals surface area contributed by atoms with E-state index in [0.29, 0.717) is 18.2 Å². The fourth-order valence-electron chi connectivity index (χ4n) is 2.73. The van der Waals surface area contributed by atoms with E-state index in [1.54, 1.807) is 23.1 Å². The van der Waals surface area contributed by atoms with E-state index in [9.17, 15) is 14.9 Å². The number of likely N-dealkylation sites (tertiary alicyclic amines) is 1. The molecule has 2 atom stereocenters. The maximum absolute atomic E-state index is 12.3. The van der Waals surface area contributed by atoms with Gasteiger partial charge in [0.25, 0.3) is 5.69 Å². The van der Waals surface area contributed by atoms with Crippen LogP contribution in [0.3, 0.4) is 0 Å². The molecular formula is C15H23ClN4O3. The van der Waals surface area contributed by atoms with Crippen LogP contribution >= 0.6 is 12.4 Å². The summed E-state index contributed by atoms with van der Waals surface area (Å²) in [4.78, 5) is 24.5. The topological polar surface area (TPSA) is 102 Å². The van der Waals surface area contributed by atoms with Gasteiger partial charge >= 0.3 is 0 Å². The van der Waals surface area contributed by atoms with Crippen LogP contribution in [0.2, 0.25) is 0 Å². The van der Waals surface area contributed by atoms with Gasteiger partial charge in [-0.2, -0.15) is 0 Å². The molecule has 1 aromatic rings. The third-order valence-electron chi connectivity index (χ3n) is 4.08. The Bertz CT molecular complexity index is 553. The fraction of sp³-hybridized carbons (Fsp3) is 0.533. The molecule has 0 aliphatic carbocycles. The Morgan fingerprint density at radius 3 is 2.87 bits per heavy atom. The van der Waals surface area contributed by atoms with Crippen molar-refractivity contribution in [3.8, 4) is 0 Å². The van der Waals surface area contributed by atoms with Gasteiger partial charge in [0.1, 0.15) is 5.69 Å². The van der Waals surface area contributed by atoms with Gasteiger partial charge in [0.05, 0.1) is 11.5 Å². The van der Waals surface area contributed by atoms with E-state index >= 15 is 0 Å². The van der Waals surface area contributed by atoms with Crippen molar-refractivity contribution < 1.29 is 9.72 Å². The number of nitrogens with one attached hydrogen (secondary N) is 1.